The first kappa shape index (κ1) is 24.0. The van der Waals surface area contributed by atoms with Crippen LogP contribution in [0.3, 0.4) is 0 Å². The lowest BCUT2D eigenvalue weighted by Gasteiger charge is -2.07. The molecule has 37 heavy (non-hydrogen) atoms. The summed E-state index contributed by atoms with van der Waals surface area (Å²) >= 11 is 0. The monoisotopic (exact) mass is 503 g/mol. The Hall–Kier alpha value is -4.74. The molecule has 0 saturated carbocycles. The lowest BCUT2D eigenvalue weighted by atomic mass is 10.1. The quantitative estimate of drug-likeness (QED) is 0.245. The minimum Gasteiger partial charge on any atom is -0.481 e. The zero-order valence-electron chi connectivity index (χ0n) is 20.6. The number of methoxy groups -OCH3 is 1. The molecule has 1 aromatic carbocycles. The van der Waals surface area contributed by atoms with Gasteiger partial charge in [-0.2, -0.15) is 0 Å². The number of hydrogen-bond donors (Lipinski definition) is 0. The Bertz CT molecular complexity index is 1610. The fourth-order valence-corrected chi connectivity index (χ4v) is 4.05. The van der Waals surface area contributed by atoms with Gasteiger partial charge >= 0.3 is 0 Å². The first-order chi connectivity index (χ1) is 17.9. The zero-order valence-corrected chi connectivity index (χ0v) is 20.6. The summed E-state index contributed by atoms with van der Waals surface area (Å²) in [6.07, 6.45) is 6.46. The average Bonchev–Trinajstić information content (AvgIpc) is 3.46. The Morgan fingerprint density at radius 2 is 1.95 bits per heavy atom. The molecule has 5 aromatic rings. The summed E-state index contributed by atoms with van der Waals surface area (Å²) < 4.78 is 36.1. The van der Waals surface area contributed by atoms with Gasteiger partial charge < -0.3 is 14.2 Å². The van der Waals surface area contributed by atoms with Crippen molar-refractivity contribution in [2.24, 2.45) is 4.99 Å². The lowest BCUT2D eigenvalue weighted by Crippen LogP contribution is -2.07. The summed E-state index contributed by atoms with van der Waals surface area (Å²) in [7, 11) is 5.31. The summed E-state index contributed by atoms with van der Waals surface area (Å²) in [6, 6.07) is 7.00. The van der Waals surface area contributed by atoms with Gasteiger partial charge in [0.05, 0.1) is 31.6 Å². The maximum Gasteiger partial charge on any atom is 0.212 e. The van der Waals surface area contributed by atoms with Crippen molar-refractivity contribution in [3.05, 3.63) is 72.1 Å². The van der Waals surface area contributed by atoms with E-state index < -0.39 is 11.6 Å². The first-order valence-electron chi connectivity index (χ1n) is 11.3. The predicted molar refractivity (Wildman–Crippen MR) is 134 cm³/mol. The third-order valence-corrected chi connectivity index (χ3v) is 5.74. The number of hydrogen-bond acceptors (Lipinski definition) is 7. The van der Waals surface area contributed by atoms with Gasteiger partial charge in [0.1, 0.15) is 29.2 Å². The first-order valence-corrected chi connectivity index (χ1v) is 11.3. The summed E-state index contributed by atoms with van der Waals surface area (Å²) in [6.45, 7) is 2.26. The van der Waals surface area contributed by atoms with Crippen LogP contribution in [0.15, 0.2) is 54.0 Å². The highest BCUT2D eigenvalue weighted by Gasteiger charge is 2.22. The smallest absolute Gasteiger partial charge is 0.212 e. The van der Waals surface area contributed by atoms with Crippen molar-refractivity contribution < 1.29 is 13.5 Å². The van der Waals surface area contributed by atoms with E-state index in [-0.39, 0.29) is 5.69 Å². The second kappa shape index (κ2) is 9.72. The number of aliphatic imine (C=N–C) groups is 1. The molecular weight excluding hydrogens is 480 g/mol. The van der Waals surface area contributed by atoms with Gasteiger partial charge in [0.25, 0.3) is 0 Å². The van der Waals surface area contributed by atoms with E-state index in [1.165, 1.54) is 23.1 Å². The predicted octanol–water partition coefficient (Wildman–Crippen LogP) is 3.94. The van der Waals surface area contributed by atoms with Gasteiger partial charge in [0.2, 0.25) is 5.88 Å². The molecule has 0 bridgehead atoms. The van der Waals surface area contributed by atoms with Crippen LogP contribution in [0.1, 0.15) is 11.4 Å². The Morgan fingerprint density at radius 1 is 1.11 bits per heavy atom. The Morgan fingerprint density at radius 3 is 2.65 bits per heavy atom. The highest BCUT2D eigenvalue weighted by molar-refractivity contribution is 6.02. The standard InChI is InChI=1S/C25H23F2N9O/c1-15-22(16-5-8-21(37-4)28-10-16)23-24(31-14-34(2)3)29-13-30-25(23)35(15)11-18-12-36(33-32-18)20-7-6-17(26)9-19(20)27/h5-10,12-14H,11H2,1-4H3/b31-14-. The third-order valence-electron chi connectivity index (χ3n) is 5.74. The van der Waals surface area contributed by atoms with Crippen LogP contribution in [-0.2, 0) is 6.54 Å². The van der Waals surface area contributed by atoms with Crippen LogP contribution in [0.4, 0.5) is 14.6 Å². The van der Waals surface area contributed by atoms with Gasteiger partial charge in [-0.25, -0.2) is 33.4 Å². The molecule has 0 spiro atoms. The van der Waals surface area contributed by atoms with Crippen molar-refractivity contribution in [1.29, 1.82) is 0 Å². The average molecular weight is 504 g/mol. The molecular formula is C25H23F2N9O. The van der Waals surface area contributed by atoms with E-state index in [9.17, 15) is 8.78 Å². The van der Waals surface area contributed by atoms with E-state index in [1.807, 2.05) is 36.6 Å². The van der Waals surface area contributed by atoms with Gasteiger partial charge in [-0.15, -0.1) is 5.10 Å². The molecule has 10 nitrogen and oxygen atoms in total. The fourth-order valence-electron chi connectivity index (χ4n) is 4.05. The third kappa shape index (κ3) is 4.60. The SMILES string of the molecule is COc1ccc(-c2c(C)n(Cc3cn(-c4ccc(F)cc4F)nn3)c3ncnc(/N=C\N(C)C)c23)cn1. The van der Waals surface area contributed by atoms with Crippen molar-refractivity contribution in [3.8, 4) is 22.7 Å². The number of nitrogens with zero attached hydrogens (tertiary/aromatic N) is 9. The molecule has 0 saturated heterocycles. The van der Waals surface area contributed by atoms with Crippen molar-refractivity contribution in [2.75, 3.05) is 21.2 Å². The van der Waals surface area contributed by atoms with Gasteiger partial charge in [0, 0.05) is 49.2 Å². The van der Waals surface area contributed by atoms with Crippen LogP contribution in [0, 0.1) is 18.6 Å². The summed E-state index contributed by atoms with van der Waals surface area (Å²) in [5.41, 5.74) is 3.89. The van der Waals surface area contributed by atoms with Gasteiger partial charge in [-0.1, -0.05) is 5.21 Å². The molecule has 0 amide bonds. The molecule has 188 valence electrons. The van der Waals surface area contributed by atoms with Crippen LogP contribution in [-0.4, -0.2) is 67.0 Å². The van der Waals surface area contributed by atoms with Crippen molar-refractivity contribution in [2.45, 2.75) is 13.5 Å². The van der Waals surface area contributed by atoms with Crippen molar-refractivity contribution >= 4 is 23.2 Å². The van der Waals surface area contributed by atoms with E-state index in [0.717, 1.165) is 28.3 Å². The molecule has 0 fully saturated rings. The molecule has 12 heteroatoms. The van der Waals surface area contributed by atoms with Crippen molar-refractivity contribution in [1.82, 2.24) is 39.4 Å². The summed E-state index contributed by atoms with van der Waals surface area (Å²) in [5, 5.41) is 9.00. The highest BCUT2D eigenvalue weighted by Crippen LogP contribution is 2.38. The van der Waals surface area contributed by atoms with E-state index in [0.29, 0.717) is 29.6 Å². The van der Waals surface area contributed by atoms with Crippen molar-refractivity contribution in [3.63, 3.8) is 0 Å². The van der Waals surface area contributed by atoms with Gasteiger partial charge in [0.15, 0.2) is 11.6 Å². The molecule has 0 radical (unpaired) electrons. The van der Waals surface area contributed by atoms with Crippen LogP contribution < -0.4 is 4.74 Å². The molecule has 0 N–H and O–H groups in total. The lowest BCUT2D eigenvalue weighted by molar-refractivity contribution is 0.398. The second-order valence-electron chi connectivity index (χ2n) is 8.49. The fraction of sp³-hybridized carbons (Fsp3) is 0.200. The van der Waals surface area contributed by atoms with E-state index in [4.69, 9.17) is 4.74 Å². The van der Waals surface area contributed by atoms with Crippen LogP contribution >= 0.6 is 0 Å². The van der Waals surface area contributed by atoms with Crippen LogP contribution in [0.5, 0.6) is 5.88 Å². The van der Waals surface area contributed by atoms with E-state index >= 15 is 0 Å². The molecule has 4 aromatic heterocycles. The number of ether oxygens (including phenoxy) is 1. The zero-order chi connectivity index (χ0) is 26.1. The Labute approximate surface area is 210 Å². The maximum atomic E-state index is 14.3. The largest absolute Gasteiger partial charge is 0.481 e. The van der Waals surface area contributed by atoms with Gasteiger partial charge in [-0.05, 0) is 25.1 Å². The molecule has 0 unspecified atom stereocenters. The minimum absolute atomic E-state index is 0.0990. The van der Waals surface area contributed by atoms with E-state index in [1.54, 1.807) is 31.9 Å². The summed E-state index contributed by atoms with van der Waals surface area (Å²) in [5.74, 6) is -0.395. The number of halogens is 2. The molecule has 0 aliphatic carbocycles. The number of rotatable bonds is 7. The normalized spacial score (nSPS) is 11.5. The highest BCUT2D eigenvalue weighted by atomic mass is 19.1. The molecule has 5 rings (SSSR count). The topological polar surface area (TPSA) is 99.1 Å². The maximum absolute atomic E-state index is 14.3. The molecule has 4 heterocycles. The number of fused-ring (bicyclic) bond motifs is 1. The van der Waals surface area contributed by atoms with Crippen LogP contribution in [0.2, 0.25) is 0 Å². The second-order valence-corrected chi connectivity index (χ2v) is 8.49. The van der Waals surface area contributed by atoms with Gasteiger partial charge in [-0.3, -0.25) is 0 Å². The molecule has 0 aliphatic heterocycles. The number of aromatic nitrogens is 7. The Kier molecular flexibility index (Phi) is 6.30. The molecule has 0 atom stereocenters. The summed E-state index contributed by atoms with van der Waals surface area (Å²) in [4.78, 5) is 19.7. The number of benzene rings is 1. The molecule has 0 aliphatic rings. The van der Waals surface area contributed by atoms with Crippen LogP contribution in [0.25, 0.3) is 27.8 Å². The van der Waals surface area contributed by atoms with E-state index in [2.05, 4.69) is 30.3 Å². The minimum atomic E-state index is -0.732. The Balaban J connectivity index is 1.63. The number of pyridine rings is 1.